The molecule has 0 radical (unpaired) electrons. The fraction of sp³-hybridized carbons (Fsp3) is 0.364. The Morgan fingerprint density at radius 1 is 1.07 bits per heavy atom. The fourth-order valence-corrected chi connectivity index (χ4v) is 3.35. The van der Waals surface area contributed by atoms with Gasteiger partial charge in [0.1, 0.15) is 0 Å². The van der Waals surface area contributed by atoms with E-state index in [2.05, 4.69) is 39.8 Å². The molecule has 0 unspecified atom stereocenters. The molecule has 0 aliphatic carbocycles. The zero-order valence-corrected chi connectivity index (χ0v) is 17.0. The first-order valence-corrected chi connectivity index (χ1v) is 9.60. The highest BCUT2D eigenvalue weighted by atomic mass is 16.2. The van der Waals surface area contributed by atoms with E-state index in [-0.39, 0.29) is 18.0 Å². The monoisotopic (exact) mass is 380 g/mol. The maximum atomic E-state index is 12.9. The van der Waals surface area contributed by atoms with Crippen LogP contribution in [0, 0.1) is 0 Å². The molecule has 1 aliphatic heterocycles. The fourth-order valence-electron chi connectivity index (χ4n) is 3.35. The molecule has 3 amide bonds. The average molecular weight is 380 g/mol. The van der Waals surface area contributed by atoms with Crippen LogP contribution in [0.3, 0.4) is 0 Å². The Morgan fingerprint density at radius 2 is 1.79 bits per heavy atom. The molecule has 1 aliphatic rings. The molecule has 3 rings (SSSR count). The highest BCUT2D eigenvalue weighted by molar-refractivity contribution is 6.02. The Hall–Kier alpha value is -3.02. The number of carbonyl (C=O) groups is 2. The van der Waals surface area contributed by atoms with E-state index in [1.54, 1.807) is 20.2 Å². The van der Waals surface area contributed by atoms with Gasteiger partial charge < -0.3 is 20.4 Å². The van der Waals surface area contributed by atoms with E-state index >= 15 is 0 Å². The molecule has 2 aromatic carbocycles. The summed E-state index contributed by atoms with van der Waals surface area (Å²) in [6, 6.07) is 13.8. The van der Waals surface area contributed by atoms with Gasteiger partial charge >= 0.3 is 6.03 Å². The number of nitrogens with one attached hydrogen (secondary N) is 2. The van der Waals surface area contributed by atoms with Gasteiger partial charge in [0.05, 0.1) is 5.56 Å². The summed E-state index contributed by atoms with van der Waals surface area (Å²) in [5.41, 5.74) is 4.71. The lowest BCUT2D eigenvalue weighted by Gasteiger charge is -2.32. The first-order valence-electron chi connectivity index (χ1n) is 9.60. The van der Waals surface area contributed by atoms with Gasteiger partial charge in [-0.25, -0.2) is 4.79 Å². The Labute approximate surface area is 166 Å². The predicted molar refractivity (Wildman–Crippen MR) is 113 cm³/mol. The van der Waals surface area contributed by atoms with Crippen molar-refractivity contribution >= 4 is 23.3 Å². The number of hydrogen-bond donors (Lipinski definition) is 2. The minimum Gasteiger partial charge on any atom is -0.366 e. The highest BCUT2D eigenvalue weighted by Crippen LogP contribution is 2.29. The molecule has 28 heavy (non-hydrogen) atoms. The molecular formula is C22H28N4O2. The molecule has 6 heteroatoms. The Kier molecular flexibility index (Phi) is 5.87. The molecule has 2 aromatic rings. The largest absolute Gasteiger partial charge is 0.366 e. The van der Waals surface area contributed by atoms with Crippen LogP contribution in [0.4, 0.5) is 16.2 Å². The second-order valence-corrected chi connectivity index (χ2v) is 7.62. The lowest BCUT2D eigenvalue weighted by Crippen LogP contribution is -2.35. The summed E-state index contributed by atoms with van der Waals surface area (Å²) in [5, 5.41) is 5.80. The van der Waals surface area contributed by atoms with E-state index in [4.69, 9.17) is 0 Å². The molecule has 1 heterocycles. The van der Waals surface area contributed by atoms with Crippen LogP contribution < -0.4 is 15.5 Å². The lowest BCUT2D eigenvalue weighted by atomic mass is 9.98. The number of urea groups is 1. The van der Waals surface area contributed by atoms with Crippen LogP contribution in [0.5, 0.6) is 0 Å². The van der Waals surface area contributed by atoms with Crippen molar-refractivity contribution in [2.75, 3.05) is 30.9 Å². The summed E-state index contributed by atoms with van der Waals surface area (Å²) in [4.78, 5) is 28.6. The van der Waals surface area contributed by atoms with Crippen molar-refractivity contribution in [3.05, 3.63) is 59.2 Å². The summed E-state index contributed by atoms with van der Waals surface area (Å²) >= 11 is 0. The molecular weight excluding hydrogens is 352 g/mol. The third kappa shape index (κ3) is 4.44. The van der Waals surface area contributed by atoms with Gasteiger partial charge in [0.25, 0.3) is 5.91 Å². The van der Waals surface area contributed by atoms with Crippen LogP contribution in [0.1, 0.15) is 35.3 Å². The van der Waals surface area contributed by atoms with E-state index in [9.17, 15) is 9.59 Å². The van der Waals surface area contributed by atoms with E-state index in [0.29, 0.717) is 11.3 Å². The number of fused-ring (bicyclic) bond motifs is 1. The third-order valence-corrected chi connectivity index (χ3v) is 4.79. The molecule has 6 nitrogen and oxygen atoms in total. The summed E-state index contributed by atoms with van der Waals surface area (Å²) in [7, 11) is 3.36. The van der Waals surface area contributed by atoms with Crippen LogP contribution in [0.2, 0.25) is 0 Å². The molecule has 0 bridgehead atoms. The highest BCUT2D eigenvalue weighted by Gasteiger charge is 2.22. The topological polar surface area (TPSA) is 64.7 Å². The molecule has 0 saturated heterocycles. The van der Waals surface area contributed by atoms with Gasteiger partial charge in [0.15, 0.2) is 0 Å². The molecule has 148 valence electrons. The zero-order valence-electron chi connectivity index (χ0n) is 17.0. The number of anilines is 2. The Bertz CT molecular complexity index is 877. The van der Waals surface area contributed by atoms with Gasteiger partial charge in [0, 0.05) is 44.6 Å². The first kappa shape index (κ1) is 19.7. The molecule has 0 saturated carbocycles. The van der Waals surface area contributed by atoms with Crippen molar-refractivity contribution in [2.24, 2.45) is 0 Å². The number of amides is 3. The van der Waals surface area contributed by atoms with Crippen molar-refractivity contribution in [1.82, 2.24) is 10.2 Å². The molecule has 0 atom stereocenters. The summed E-state index contributed by atoms with van der Waals surface area (Å²) in [6.45, 7) is 5.49. The van der Waals surface area contributed by atoms with Gasteiger partial charge in [-0.1, -0.05) is 24.3 Å². The van der Waals surface area contributed by atoms with Crippen LogP contribution in [0.15, 0.2) is 42.5 Å². The van der Waals surface area contributed by atoms with Crippen molar-refractivity contribution in [3.8, 4) is 0 Å². The maximum Gasteiger partial charge on any atom is 0.321 e. The van der Waals surface area contributed by atoms with Crippen molar-refractivity contribution in [1.29, 1.82) is 0 Å². The Morgan fingerprint density at radius 3 is 2.46 bits per heavy atom. The molecule has 2 N–H and O–H groups in total. The van der Waals surface area contributed by atoms with E-state index < -0.39 is 0 Å². The van der Waals surface area contributed by atoms with Crippen LogP contribution in [-0.2, 0) is 13.0 Å². The number of hydrogen-bond acceptors (Lipinski definition) is 3. The molecule has 0 aromatic heterocycles. The quantitative estimate of drug-likeness (QED) is 0.853. The SMILES string of the molecule is CC(C)NC(=O)c1cc(NC(=O)N(C)C)ccc1N1CCc2ccccc2C1. The van der Waals surface area contributed by atoms with E-state index in [1.165, 1.54) is 16.0 Å². The predicted octanol–water partition coefficient (Wildman–Crippen LogP) is 3.48. The minimum absolute atomic E-state index is 0.0301. The number of rotatable bonds is 4. The maximum absolute atomic E-state index is 12.9. The van der Waals surface area contributed by atoms with Crippen LogP contribution in [0.25, 0.3) is 0 Å². The van der Waals surface area contributed by atoms with E-state index in [0.717, 1.165) is 25.2 Å². The minimum atomic E-state index is -0.227. The first-order chi connectivity index (χ1) is 13.3. The summed E-state index contributed by atoms with van der Waals surface area (Å²) < 4.78 is 0. The number of carbonyl (C=O) groups excluding carboxylic acids is 2. The van der Waals surface area contributed by atoms with Crippen LogP contribution in [-0.4, -0.2) is 43.5 Å². The summed E-state index contributed by atoms with van der Waals surface area (Å²) in [5.74, 6) is -0.134. The standard InChI is InChI=1S/C22H28N4O2/c1-15(2)23-21(27)19-13-18(24-22(28)25(3)4)9-10-20(19)26-12-11-16-7-5-6-8-17(16)14-26/h5-10,13,15H,11-12,14H2,1-4H3,(H,23,27)(H,24,28). The molecule has 0 spiro atoms. The average Bonchev–Trinajstić information content (AvgIpc) is 2.67. The molecule has 0 fully saturated rings. The smallest absolute Gasteiger partial charge is 0.321 e. The lowest BCUT2D eigenvalue weighted by molar-refractivity contribution is 0.0943. The number of nitrogens with zero attached hydrogens (tertiary/aromatic N) is 2. The van der Waals surface area contributed by atoms with Gasteiger partial charge in [-0.3, -0.25) is 4.79 Å². The van der Waals surface area contributed by atoms with Gasteiger partial charge in [0.2, 0.25) is 0 Å². The van der Waals surface area contributed by atoms with Gasteiger partial charge in [-0.15, -0.1) is 0 Å². The van der Waals surface area contributed by atoms with Gasteiger partial charge in [-0.2, -0.15) is 0 Å². The van der Waals surface area contributed by atoms with Crippen molar-refractivity contribution in [2.45, 2.75) is 32.9 Å². The Balaban J connectivity index is 1.93. The van der Waals surface area contributed by atoms with Crippen molar-refractivity contribution < 1.29 is 9.59 Å². The third-order valence-electron chi connectivity index (χ3n) is 4.79. The van der Waals surface area contributed by atoms with E-state index in [1.807, 2.05) is 26.0 Å². The van der Waals surface area contributed by atoms with Crippen molar-refractivity contribution in [3.63, 3.8) is 0 Å². The zero-order chi connectivity index (χ0) is 20.3. The summed E-state index contributed by atoms with van der Waals surface area (Å²) in [6.07, 6.45) is 0.945. The van der Waals surface area contributed by atoms with Crippen LogP contribution >= 0.6 is 0 Å². The second kappa shape index (κ2) is 8.33. The normalized spacial score (nSPS) is 13.1. The van der Waals surface area contributed by atoms with Gasteiger partial charge in [-0.05, 0) is 49.6 Å². The number of benzene rings is 2. The second-order valence-electron chi connectivity index (χ2n) is 7.62.